The van der Waals surface area contributed by atoms with Gasteiger partial charge in [-0.05, 0) is 35.6 Å². The number of benzene rings is 2. The van der Waals surface area contributed by atoms with Crippen molar-refractivity contribution in [3.05, 3.63) is 75.7 Å². The second kappa shape index (κ2) is 10.5. The molecule has 8 nitrogen and oxygen atoms in total. The van der Waals surface area contributed by atoms with Crippen LogP contribution >= 0.6 is 11.3 Å². The molecule has 0 saturated heterocycles. The minimum absolute atomic E-state index is 0.00765. The van der Waals surface area contributed by atoms with E-state index >= 15 is 0 Å². The molecule has 2 aromatic carbocycles. The number of thiazole rings is 1. The Morgan fingerprint density at radius 1 is 1.09 bits per heavy atom. The molecule has 0 aliphatic heterocycles. The van der Waals surface area contributed by atoms with E-state index in [1.165, 1.54) is 17.3 Å². The van der Waals surface area contributed by atoms with Gasteiger partial charge >= 0.3 is 12.1 Å². The third kappa shape index (κ3) is 5.43. The molecule has 1 atom stereocenters. The second-order valence-electron chi connectivity index (χ2n) is 8.11. The number of amides is 2. The van der Waals surface area contributed by atoms with Crippen molar-refractivity contribution in [2.75, 3.05) is 6.61 Å². The highest BCUT2D eigenvalue weighted by atomic mass is 32.1. The lowest BCUT2D eigenvalue weighted by atomic mass is 9.98. The Balaban J connectivity index is 1.21. The van der Waals surface area contributed by atoms with E-state index in [2.05, 4.69) is 39.9 Å². The molecule has 1 heterocycles. The molecule has 1 aromatic heterocycles. The number of nitrogens with zero attached hydrogens (tertiary/aromatic N) is 1. The Morgan fingerprint density at radius 3 is 2.35 bits per heavy atom. The SMILES string of the molecule is CC(CCC(=O)NCc1ncc(C(=O)O)s1)NC(=O)OCC1c2ccccc2-c2ccccc21. The number of carbonyl (C=O) groups is 3. The summed E-state index contributed by atoms with van der Waals surface area (Å²) < 4.78 is 5.54. The molecule has 0 spiro atoms. The summed E-state index contributed by atoms with van der Waals surface area (Å²) in [5, 5.41) is 14.9. The van der Waals surface area contributed by atoms with E-state index in [0.29, 0.717) is 11.4 Å². The maximum absolute atomic E-state index is 12.4. The van der Waals surface area contributed by atoms with Crippen LogP contribution in [-0.2, 0) is 16.1 Å². The van der Waals surface area contributed by atoms with Gasteiger partial charge in [0.1, 0.15) is 16.5 Å². The maximum atomic E-state index is 12.4. The summed E-state index contributed by atoms with van der Waals surface area (Å²) >= 11 is 1.02. The van der Waals surface area contributed by atoms with Crippen molar-refractivity contribution >= 4 is 29.3 Å². The van der Waals surface area contributed by atoms with E-state index in [0.717, 1.165) is 22.5 Å². The third-order valence-corrected chi connectivity index (χ3v) is 6.70. The number of hydrogen-bond donors (Lipinski definition) is 3. The molecule has 1 aliphatic rings. The number of fused-ring (bicyclic) bond motifs is 3. The largest absolute Gasteiger partial charge is 0.477 e. The molecule has 4 rings (SSSR count). The molecule has 0 radical (unpaired) electrons. The number of ether oxygens (including phenoxy) is 1. The van der Waals surface area contributed by atoms with Crippen molar-refractivity contribution in [1.82, 2.24) is 15.6 Å². The Morgan fingerprint density at radius 2 is 1.74 bits per heavy atom. The molecular weight excluding hydrogens is 454 g/mol. The van der Waals surface area contributed by atoms with Crippen LogP contribution in [0.4, 0.5) is 4.79 Å². The number of carboxylic acid groups (broad SMARTS) is 1. The summed E-state index contributed by atoms with van der Waals surface area (Å²) in [6.45, 7) is 2.22. The highest BCUT2D eigenvalue weighted by molar-refractivity contribution is 7.13. The van der Waals surface area contributed by atoms with Gasteiger partial charge in [0.25, 0.3) is 0 Å². The summed E-state index contributed by atoms with van der Waals surface area (Å²) in [5.74, 6) is -1.25. The zero-order chi connectivity index (χ0) is 24.1. The topological polar surface area (TPSA) is 118 Å². The number of aromatic nitrogens is 1. The first-order chi connectivity index (χ1) is 16.4. The van der Waals surface area contributed by atoms with Crippen LogP contribution < -0.4 is 10.6 Å². The zero-order valence-corrected chi connectivity index (χ0v) is 19.4. The number of aromatic carboxylic acids is 1. The van der Waals surface area contributed by atoms with Crippen LogP contribution in [0, 0.1) is 0 Å². The molecule has 176 valence electrons. The normalized spacial score (nSPS) is 13.0. The average molecular weight is 480 g/mol. The van der Waals surface area contributed by atoms with E-state index in [4.69, 9.17) is 9.84 Å². The molecule has 9 heteroatoms. The molecule has 0 fully saturated rings. The van der Waals surface area contributed by atoms with Crippen LogP contribution in [0.2, 0.25) is 0 Å². The van der Waals surface area contributed by atoms with Crippen LogP contribution in [0.1, 0.15) is 51.5 Å². The predicted octanol–water partition coefficient (Wildman–Crippen LogP) is 4.16. The van der Waals surface area contributed by atoms with Crippen LogP contribution in [0.3, 0.4) is 0 Å². The maximum Gasteiger partial charge on any atom is 0.407 e. The number of rotatable bonds is 9. The van der Waals surface area contributed by atoms with Crippen molar-refractivity contribution in [2.45, 2.75) is 38.3 Å². The lowest BCUT2D eigenvalue weighted by Gasteiger charge is -2.17. The van der Waals surface area contributed by atoms with Gasteiger partial charge in [-0.25, -0.2) is 14.6 Å². The first-order valence-corrected chi connectivity index (χ1v) is 11.8. The van der Waals surface area contributed by atoms with E-state index in [9.17, 15) is 14.4 Å². The molecule has 3 aromatic rings. The molecule has 34 heavy (non-hydrogen) atoms. The van der Waals surface area contributed by atoms with Gasteiger partial charge in [0, 0.05) is 18.4 Å². The van der Waals surface area contributed by atoms with Gasteiger partial charge in [0.05, 0.1) is 12.7 Å². The number of carbonyl (C=O) groups excluding carboxylic acids is 2. The lowest BCUT2D eigenvalue weighted by Crippen LogP contribution is -2.35. The van der Waals surface area contributed by atoms with Gasteiger partial charge in [-0.3, -0.25) is 4.79 Å². The van der Waals surface area contributed by atoms with Crippen molar-refractivity contribution in [3.8, 4) is 11.1 Å². The van der Waals surface area contributed by atoms with Gasteiger partial charge in [-0.2, -0.15) is 0 Å². The predicted molar refractivity (Wildman–Crippen MR) is 128 cm³/mol. The van der Waals surface area contributed by atoms with Crippen LogP contribution in [0.25, 0.3) is 11.1 Å². The van der Waals surface area contributed by atoms with E-state index < -0.39 is 12.1 Å². The summed E-state index contributed by atoms with van der Waals surface area (Å²) in [5.41, 5.74) is 4.64. The summed E-state index contributed by atoms with van der Waals surface area (Å²) in [4.78, 5) is 39.4. The Kier molecular flexibility index (Phi) is 7.22. The van der Waals surface area contributed by atoms with E-state index in [1.807, 2.05) is 31.2 Å². The first kappa shape index (κ1) is 23.4. The third-order valence-electron chi connectivity index (χ3n) is 5.71. The molecule has 0 saturated carbocycles. The zero-order valence-electron chi connectivity index (χ0n) is 18.6. The molecule has 0 bridgehead atoms. The summed E-state index contributed by atoms with van der Waals surface area (Å²) in [6.07, 6.45) is 1.41. The summed E-state index contributed by atoms with van der Waals surface area (Å²) in [6, 6.07) is 16.0. The molecule has 1 aliphatic carbocycles. The number of alkyl carbamates (subject to hydrolysis) is 1. The smallest absolute Gasteiger partial charge is 0.407 e. The Labute approximate surface area is 201 Å². The fourth-order valence-electron chi connectivity index (χ4n) is 4.01. The van der Waals surface area contributed by atoms with Gasteiger partial charge in [0.2, 0.25) is 5.91 Å². The molecular formula is C25H25N3O5S. The number of carboxylic acids is 1. The van der Waals surface area contributed by atoms with Crippen molar-refractivity contribution in [1.29, 1.82) is 0 Å². The Bertz CT molecular complexity index is 1160. The van der Waals surface area contributed by atoms with Crippen LogP contribution in [0.5, 0.6) is 0 Å². The van der Waals surface area contributed by atoms with Crippen LogP contribution in [0.15, 0.2) is 54.7 Å². The highest BCUT2D eigenvalue weighted by Gasteiger charge is 2.29. The molecule has 1 unspecified atom stereocenters. The quantitative estimate of drug-likeness (QED) is 0.424. The molecule has 3 N–H and O–H groups in total. The van der Waals surface area contributed by atoms with E-state index in [1.54, 1.807) is 0 Å². The number of hydrogen-bond acceptors (Lipinski definition) is 6. The van der Waals surface area contributed by atoms with Gasteiger partial charge in [-0.1, -0.05) is 48.5 Å². The fraction of sp³-hybridized carbons (Fsp3) is 0.280. The monoisotopic (exact) mass is 479 g/mol. The van der Waals surface area contributed by atoms with E-state index in [-0.39, 0.29) is 42.3 Å². The van der Waals surface area contributed by atoms with Crippen molar-refractivity contribution in [2.24, 2.45) is 0 Å². The number of nitrogens with one attached hydrogen (secondary N) is 2. The van der Waals surface area contributed by atoms with Crippen molar-refractivity contribution < 1.29 is 24.2 Å². The van der Waals surface area contributed by atoms with Crippen molar-refractivity contribution in [3.63, 3.8) is 0 Å². The van der Waals surface area contributed by atoms with Gasteiger partial charge in [-0.15, -0.1) is 11.3 Å². The highest BCUT2D eigenvalue weighted by Crippen LogP contribution is 2.44. The minimum Gasteiger partial charge on any atom is -0.477 e. The van der Waals surface area contributed by atoms with Crippen LogP contribution in [-0.4, -0.2) is 40.7 Å². The standard InChI is InChI=1S/C25H25N3O5S/c1-15(10-11-22(29)26-13-23-27-12-21(34-23)24(30)31)28-25(32)33-14-20-18-8-4-2-6-16(18)17-7-3-5-9-19(17)20/h2-9,12,15,20H,10-11,13-14H2,1H3,(H,26,29)(H,28,32)(H,30,31). The van der Waals surface area contributed by atoms with Gasteiger partial charge in [0.15, 0.2) is 0 Å². The first-order valence-electron chi connectivity index (χ1n) is 11.0. The fourth-order valence-corrected chi connectivity index (χ4v) is 4.71. The van der Waals surface area contributed by atoms with Gasteiger partial charge < -0.3 is 20.5 Å². The second-order valence-corrected chi connectivity index (χ2v) is 9.22. The lowest BCUT2D eigenvalue weighted by molar-refractivity contribution is -0.121. The minimum atomic E-state index is -1.04. The average Bonchev–Trinajstić information content (AvgIpc) is 3.43. The Hall–Kier alpha value is -3.72. The summed E-state index contributed by atoms with van der Waals surface area (Å²) in [7, 11) is 0. The molecule has 2 amide bonds.